The van der Waals surface area contributed by atoms with Crippen LogP contribution in [0.5, 0.6) is 6.01 Å². The van der Waals surface area contributed by atoms with E-state index in [1.165, 1.54) is 6.07 Å². The van der Waals surface area contributed by atoms with Gasteiger partial charge in [-0.2, -0.15) is 9.67 Å². The Morgan fingerprint density at radius 1 is 0.906 bits per heavy atom. The lowest BCUT2D eigenvalue weighted by Gasteiger charge is -2.07. The van der Waals surface area contributed by atoms with E-state index in [2.05, 4.69) is 10.1 Å². The molecule has 0 atom stereocenters. The first-order valence-electron chi connectivity index (χ1n) is 10.3. The highest BCUT2D eigenvalue weighted by Crippen LogP contribution is 2.25. The largest absolute Gasteiger partial charge is 0.460 e. The third-order valence-corrected chi connectivity index (χ3v) is 4.80. The minimum atomic E-state index is -0.505. The molecule has 4 aromatic rings. The zero-order valence-electron chi connectivity index (χ0n) is 17.6. The van der Waals surface area contributed by atoms with Gasteiger partial charge in [-0.3, -0.25) is 4.79 Å². The zero-order valence-corrected chi connectivity index (χ0v) is 17.6. The molecule has 0 aliphatic heterocycles. The molecular formula is C25H22FN3O3. The second-order valence-corrected chi connectivity index (χ2v) is 6.90. The molecule has 0 saturated heterocycles. The van der Waals surface area contributed by atoms with Gasteiger partial charge in [-0.1, -0.05) is 54.6 Å². The van der Waals surface area contributed by atoms with Crippen LogP contribution < -0.4 is 4.74 Å². The van der Waals surface area contributed by atoms with E-state index in [-0.39, 0.29) is 24.0 Å². The summed E-state index contributed by atoms with van der Waals surface area (Å²) in [5.41, 5.74) is 2.58. The van der Waals surface area contributed by atoms with Crippen LogP contribution in [0.15, 0.2) is 78.9 Å². The van der Waals surface area contributed by atoms with Crippen molar-refractivity contribution < 1.29 is 18.7 Å². The van der Waals surface area contributed by atoms with Crippen molar-refractivity contribution >= 4 is 5.91 Å². The Morgan fingerprint density at radius 3 is 2.31 bits per heavy atom. The van der Waals surface area contributed by atoms with Crippen LogP contribution in [0.4, 0.5) is 4.39 Å². The highest BCUT2D eigenvalue weighted by molar-refractivity contribution is 5.97. The molecular weight excluding hydrogens is 409 g/mol. The van der Waals surface area contributed by atoms with Crippen LogP contribution in [-0.2, 0) is 4.74 Å². The minimum absolute atomic E-state index is 0.0165. The van der Waals surface area contributed by atoms with Crippen LogP contribution in [-0.4, -0.2) is 40.5 Å². The molecule has 0 amide bonds. The number of hydrogen-bond acceptors (Lipinski definition) is 5. The van der Waals surface area contributed by atoms with Crippen LogP contribution in [0, 0.1) is 5.82 Å². The number of halogens is 1. The molecule has 0 bridgehead atoms. The molecule has 0 unspecified atom stereocenters. The van der Waals surface area contributed by atoms with Gasteiger partial charge in [0.15, 0.2) is 5.82 Å². The normalized spacial score (nSPS) is 10.8. The van der Waals surface area contributed by atoms with Crippen LogP contribution in [0.2, 0.25) is 0 Å². The highest BCUT2D eigenvalue weighted by Gasteiger charge is 2.22. The Balaban J connectivity index is 1.65. The second-order valence-electron chi connectivity index (χ2n) is 6.90. The van der Waals surface area contributed by atoms with Crippen molar-refractivity contribution in [3.05, 3.63) is 90.2 Å². The van der Waals surface area contributed by atoms with Crippen molar-refractivity contribution in [3.63, 3.8) is 0 Å². The topological polar surface area (TPSA) is 66.2 Å². The molecule has 0 spiro atoms. The van der Waals surface area contributed by atoms with Gasteiger partial charge < -0.3 is 9.47 Å². The SMILES string of the molecule is CCOCCOc1nc(-c2ccccc2F)n(C(=O)c2ccc(-c3ccccc3)cc2)n1. The molecule has 0 N–H and O–H groups in total. The van der Waals surface area contributed by atoms with Crippen LogP contribution >= 0.6 is 0 Å². The predicted molar refractivity (Wildman–Crippen MR) is 119 cm³/mol. The smallest absolute Gasteiger partial charge is 0.336 e. The molecule has 6 nitrogen and oxygen atoms in total. The second kappa shape index (κ2) is 9.98. The van der Waals surface area contributed by atoms with E-state index in [0.717, 1.165) is 15.8 Å². The van der Waals surface area contributed by atoms with E-state index < -0.39 is 11.7 Å². The van der Waals surface area contributed by atoms with Crippen LogP contribution in [0.25, 0.3) is 22.5 Å². The van der Waals surface area contributed by atoms with Crippen molar-refractivity contribution in [1.82, 2.24) is 14.8 Å². The number of carbonyl (C=O) groups excluding carboxylic acids is 1. The molecule has 7 heteroatoms. The Hall–Kier alpha value is -3.84. The van der Waals surface area contributed by atoms with Gasteiger partial charge in [0.1, 0.15) is 12.4 Å². The molecule has 0 fully saturated rings. The standard InChI is InChI=1S/C25H22FN3O3/c1-2-31-16-17-32-25-27-23(21-10-6-7-11-22(21)26)29(28-25)24(30)20-14-12-19(13-15-20)18-8-4-3-5-9-18/h3-15H,2,16-17H2,1H3. The fourth-order valence-electron chi connectivity index (χ4n) is 3.21. The summed E-state index contributed by atoms with van der Waals surface area (Å²) in [6.07, 6.45) is 0. The number of ether oxygens (including phenoxy) is 2. The third-order valence-electron chi connectivity index (χ3n) is 4.80. The first kappa shape index (κ1) is 21.4. The van der Waals surface area contributed by atoms with Crippen molar-refractivity contribution in [1.29, 1.82) is 0 Å². The lowest BCUT2D eigenvalue weighted by Crippen LogP contribution is -2.16. The average Bonchev–Trinajstić information content (AvgIpc) is 3.26. The first-order chi connectivity index (χ1) is 15.7. The summed E-state index contributed by atoms with van der Waals surface area (Å²) < 4.78 is 26.3. The molecule has 1 heterocycles. The average molecular weight is 431 g/mol. The number of aromatic nitrogens is 3. The summed E-state index contributed by atoms with van der Waals surface area (Å²) in [6, 6.07) is 23.1. The lowest BCUT2D eigenvalue weighted by atomic mass is 10.0. The summed E-state index contributed by atoms with van der Waals surface area (Å²) in [7, 11) is 0. The van der Waals surface area contributed by atoms with Crippen molar-refractivity contribution in [2.75, 3.05) is 19.8 Å². The molecule has 0 aliphatic rings. The molecule has 1 aromatic heterocycles. The summed E-state index contributed by atoms with van der Waals surface area (Å²) in [5, 5.41) is 4.19. The number of carbonyl (C=O) groups is 1. The number of benzene rings is 3. The Labute approximate surface area is 185 Å². The fraction of sp³-hybridized carbons (Fsp3) is 0.160. The van der Waals surface area contributed by atoms with E-state index >= 15 is 0 Å². The van der Waals surface area contributed by atoms with Crippen molar-refractivity contribution in [2.24, 2.45) is 0 Å². The summed E-state index contributed by atoms with van der Waals surface area (Å²) in [6.45, 7) is 3.01. The molecule has 0 radical (unpaired) electrons. The maximum Gasteiger partial charge on any atom is 0.336 e. The van der Waals surface area contributed by atoms with Gasteiger partial charge in [0.2, 0.25) is 0 Å². The van der Waals surface area contributed by atoms with Gasteiger partial charge in [-0.05, 0) is 42.3 Å². The summed E-state index contributed by atoms with van der Waals surface area (Å²) in [4.78, 5) is 17.5. The molecule has 0 saturated carbocycles. The maximum atomic E-state index is 14.5. The lowest BCUT2D eigenvalue weighted by molar-refractivity contribution is 0.0938. The molecule has 162 valence electrons. The summed E-state index contributed by atoms with van der Waals surface area (Å²) in [5.74, 6) is -0.865. The maximum absolute atomic E-state index is 14.5. The van der Waals surface area contributed by atoms with E-state index in [4.69, 9.17) is 9.47 Å². The molecule has 4 rings (SSSR count). The number of rotatable bonds is 8. The van der Waals surface area contributed by atoms with Crippen LogP contribution in [0.1, 0.15) is 17.3 Å². The number of nitrogens with zero attached hydrogens (tertiary/aromatic N) is 3. The van der Waals surface area contributed by atoms with Gasteiger partial charge in [0.05, 0.1) is 12.2 Å². The van der Waals surface area contributed by atoms with Gasteiger partial charge in [-0.15, -0.1) is 5.10 Å². The van der Waals surface area contributed by atoms with Gasteiger partial charge in [0.25, 0.3) is 5.91 Å². The van der Waals surface area contributed by atoms with Crippen molar-refractivity contribution in [2.45, 2.75) is 6.92 Å². The summed E-state index contributed by atoms with van der Waals surface area (Å²) >= 11 is 0. The molecule has 32 heavy (non-hydrogen) atoms. The minimum Gasteiger partial charge on any atom is -0.460 e. The zero-order chi connectivity index (χ0) is 22.3. The van der Waals surface area contributed by atoms with E-state index in [9.17, 15) is 9.18 Å². The first-order valence-corrected chi connectivity index (χ1v) is 10.3. The Kier molecular flexibility index (Phi) is 6.67. The fourth-order valence-corrected chi connectivity index (χ4v) is 3.21. The van der Waals surface area contributed by atoms with E-state index in [1.807, 2.05) is 49.4 Å². The van der Waals surface area contributed by atoms with Gasteiger partial charge in [0, 0.05) is 12.2 Å². The van der Waals surface area contributed by atoms with Gasteiger partial charge >= 0.3 is 6.01 Å². The Bertz CT molecular complexity index is 1190. The monoisotopic (exact) mass is 431 g/mol. The highest BCUT2D eigenvalue weighted by atomic mass is 19.1. The molecule has 3 aromatic carbocycles. The third kappa shape index (κ3) is 4.73. The van der Waals surface area contributed by atoms with Gasteiger partial charge in [-0.25, -0.2) is 4.39 Å². The molecule has 0 aliphatic carbocycles. The Morgan fingerprint density at radius 2 is 1.59 bits per heavy atom. The quantitative estimate of drug-likeness (QED) is 0.373. The van der Waals surface area contributed by atoms with E-state index in [1.54, 1.807) is 30.3 Å². The predicted octanol–water partition coefficient (Wildman–Crippen LogP) is 4.86. The van der Waals surface area contributed by atoms with Crippen LogP contribution in [0.3, 0.4) is 0 Å². The number of hydrogen-bond donors (Lipinski definition) is 0. The van der Waals surface area contributed by atoms with Crippen molar-refractivity contribution in [3.8, 4) is 28.5 Å². The van der Waals surface area contributed by atoms with E-state index in [0.29, 0.717) is 18.8 Å².